The summed E-state index contributed by atoms with van der Waals surface area (Å²) in [5.74, 6) is 0.339. The first-order valence-corrected chi connectivity index (χ1v) is 8.50. The number of anilines is 1. The van der Waals surface area contributed by atoms with Gasteiger partial charge in [-0.15, -0.1) is 0 Å². The van der Waals surface area contributed by atoms with Crippen molar-refractivity contribution in [3.05, 3.63) is 77.8 Å². The molecule has 0 radical (unpaired) electrons. The Balaban J connectivity index is 1.77. The first kappa shape index (κ1) is 19.4. The predicted molar refractivity (Wildman–Crippen MR) is 102 cm³/mol. The molecule has 0 unspecified atom stereocenters. The molecule has 0 saturated heterocycles. The fraction of sp³-hybridized carbons (Fsp3) is 0.143. The van der Waals surface area contributed by atoms with Gasteiger partial charge < -0.3 is 9.88 Å². The highest BCUT2D eigenvalue weighted by Crippen LogP contribution is 2.32. The van der Waals surface area contributed by atoms with Crippen LogP contribution in [0.4, 0.5) is 18.9 Å². The van der Waals surface area contributed by atoms with E-state index in [1.165, 1.54) is 18.2 Å². The molecule has 1 aromatic heterocycles. The Kier molecular flexibility index (Phi) is 5.35. The Morgan fingerprint density at radius 1 is 1.14 bits per heavy atom. The van der Waals surface area contributed by atoms with Gasteiger partial charge in [0.25, 0.3) is 0 Å². The van der Waals surface area contributed by atoms with Crippen molar-refractivity contribution < 1.29 is 18.0 Å². The van der Waals surface area contributed by atoms with Crippen LogP contribution in [0.5, 0.6) is 0 Å². The number of halogens is 3. The van der Waals surface area contributed by atoms with Crippen LogP contribution in [0.15, 0.2) is 60.8 Å². The van der Waals surface area contributed by atoms with E-state index in [1.54, 1.807) is 24.4 Å². The van der Waals surface area contributed by atoms with Crippen molar-refractivity contribution in [2.45, 2.75) is 13.1 Å². The standard InChI is InChI=1S/C21H18F3N3O/c1-14-25-13-19(27(14)2)16-7-5-8-17(12-16)26-20(28)11-10-15-6-3-4-9-18(15)21(22,23)24/h3-13H,1-2H3,(H,26,28)/b11-10+. The smallest absolute Gasteiger partial charge is 0.331 e. The van der Waals surface area contributed by atoms with Crippen LogP contribution in [0.2, 0.25) is 0 Å². The molecule has 0 bridgehead atoms. The summed E-state index contributed by atoms with van der Waals surface area (Å²) in [6.45, 7) is 1.89. The summed E-state index contributed by atoms with van der Waals surface area (Å²) in [6.07, 6.45) is -0.491. The molecular weight excluding hydrogens is 367 g/mol. The number of benzene rings is 2. The van der Waals surface area contributed by atoms with Gasteiger partial charge >= 0.3 is 6.18 Å². The monoisotopic (exact) mass is 385 g/mol. The highest BCUT2D eigenvalue weighted by Gasteiger charge is 2.32. The van der Waals surface area contributed by atoms with Crippen LogP contribution in [0.1, 0.15) is 17.0 Å². The zero-order valence-electron chi connectivity index (χ0n) is 15.3. The molecule has 4 nitrogen and oxygen atoms in total. The molecule has 144 valence electrons. The summed E-state index contributed by atoms with van der Waals surface area (Å²) < 4.78 is 41.0. The van der Waals surface area contributed by atoms with E-state index < -0.39 is 17.6 Å². The van der Waals surface area contributed by atoms with Crippen LogP contribution in [-0.4, -0.2) is 15.5 Å². The van der Waals surface area contributed by atoms with Gasteiger partial charge in [-0.05, 0) is 36.8 Å². The second-order valence-corrected chi connectivity index (χ2v) is 6.24. The van der Waals surface area contributed by atoms with Gasteiger partial charge in [-0.25, -0.2) is 4.98 Å². The minimum absolute atomic E-state index is 0.0655. The minimum atomic E-state index is -4.48. The molecular formula is C21H18F3N3O. The highest BCUT2D eigenvalue weighted by atomic mass is 19.4. The number of carbonyl (C=O) groups excluding carboxylic acids is 1. The third kappa shape index (κ3) is 4.31. The molecule has 2 aromatic carbocycles. The van der Waals surface area contributed by atoms with E-state index in [4.69, 9.17) is 0 Å². The van der Waals surface area contributed by atoms with E-state index in [2.05, 4.69) is 10.3 Å². The SMILES string of the molecule is Cc1ncc(-c2cccc(NC(=O)/C=C/c3ccccc3C(F)(F)F)c2)n1C. The number of carbonyl (C=O) groups is 1. The lowest BCUT2D eigenvalue weighted by atomic mass is 10.1. The van der Waals surface area contributed by atoms with Crippen molar-refractivity contribution in [1.29, 1.82) is 0 Å². The van der Waals surface area contributed by atoms with Crippen molar-refractivity contribution in [3.63, 3.8) is 0 Å². The van der Waals surface area contributed by atoms with Gasteiger partial charge in [-0.1, -0.05) is 30.3 Å². The maximum Gasteiger partial charge on any atom is 0.416 e. The minimum Gasteiger partial charge on any atom is -0.331 e. The van der Waals surface area contributed by atoms with Crippen molar-refractivity contribution in [3.8, 4) is 11.3 Å². The van der Waals surface area contributed by atoms with Crippen LogP contribution in [-0.2, 0) is 18.0 Å². The normalized spacial score (nSPS) is 11.8. The zero-order chi connectivity index (χ0) is 20.3. The van der Waals surface area contributed by atoms with E-state index >= 15 is 0 Å². The highest BCUT2D eigenvalue weighted by molar-refractivity contribution is 6.02. The Morgan fingerprint density at radius 3 is 2.57 bits per heavy atom. The van der Waals surface area contributed by atoms with E-state index in [-0.39, 0.29) is 5.56 Å². The third-order valence-electron chi connectivity index (χ3n) is 4.33. The van der Waals surface area contributed by atoms with Gasteiger partial charge in [0.05, 0.1) is 17.5 Å². The molecule has 0 saturated carbocycles. The average Bonchev–Trinajstić information content (AvgIpc) is 2.99. The molecule has 0 aliphatic rings. The van der Waals surface area contributed by atoms with E-state index in [0.29, 0.717) is 5.69 Å². The number of aromatic nitrogens is 2. The summed E-state index contributed by atoms with van der Waals surface area (Å²) in [6, 6.07) is 12.3. The lowest BCUT2D eigenvalue weighted by Gasteiger charge is -2.10. The van der Waals surface area contributed by atoms with Crippen LogP contribution in [0.25, 0.3) is 17.3 Å². The third-order valence-corrected chi connectivity index (χ3v) is 4.33. The molecule has 0 fully saturated rings. The number of hydrogen-bond acceptors (Lipinski definition) is 2. The van der Waals surface area contributed by atoms with Crippen LogP contribution in [0, 0.1) is 6.92 Å². The zero-order valence-corrected chi connectivity index (χ0v) is 15.3. The number of alkyl halides is 3. The van der Waals surface area contributed by atoms with Crippen LogP contribution in [0.3, 0.4) is 0 Å². The number of rotatable bonds is 4. The topological polar surface area (TPSA) is 46.9 Å². The molecule has 1 amide bonds. The molecule has 0 aliphatic heterocycles. The first-order chi connectivity index (χ1) is 13.3. The van der Waals surface area contributed by atoms with E-state index in [0.717, 1.165) is 35.3 Å². The Hall–Kier alpha value is -3.35. The van der Waals surface area contributed by atoms with Gasteiger partial charge in [0.15, 0.2) is 0 Å². The number of amides is 1. The lowest BCUT2D eigenvalue weighted by Crippen LogP contribution is -2.09. The quantitative estimate of drug-likeness (QED) is 0.638. The van der Waals surface area contributed by atoms with Crippen molar-refractivity contribution >= 4 is 17.7 Å². The number of hydrogen-bond donors (Lipinski definition) is 1. The maximum atomic E-state index is 13.0. The molecule has 3 aromatic rings. The molecule has 7 heteroatoms. The van der Waals surface area contributed by atoms with Crippen LogP contribution < -0.4 is 5.32 Å². The number of nitrogens with zero attached hydrogens (tertiary/aromatic N) is 2. The Bertz CT molecular complexity index is 1040. The second-order valence-electron chi connectivity index (χ2n) is 6.24. The van der Waals surface area contributed by atoms with Gasteiger partial charge in [-0.3, -0.25) is 4.79 Å². The summed E-state index contributed by atoms with van der Waals surface area (Å²) in [5.41, 5.74) is 1.45. The molecule has 1 heterocycles. The lowest BCUT2D eigenvalue weighted by molar-refractivity contribution is -0.137. The van der Waals surface area contributed by atoms with E-state index in [9.17, 15) is 18.0 Å². The van der Waals surface area contributed by atoms with E-state index in [1.807, 2.05) is 24.6 Å². The summed E-state index contributed by atoms with van der Waals surface area (Å²) >= 11 is 0. The number of aryl methyl sites for hydroxylation is 1. The molecule has 28 heavy (non-hydrogen) atoms. The predicted octanol–water partition coefficient (Wildman–Crippen LogP) is 5.07. The van der Waals surface area contributed by atoms with Crippen molar-refractivity contribution in [2.75, 3.05) is 5.32 Å². The maximum absolute atomic E-state index is 13.0. The van der Waals surface area contributed by atoms with Gasteiger partial charge in [0, 0.05) is 24.4 Å². The van der Waals surface area contributed by atoms with Gasteiger partial charge in [0.1, 0.15) is 5.82 Å². The largest absolute Gasteiger partial charge is 0.416 e. The molecule has 0 spiro atoms. The average molecular weight is 385 g/mol. The molecule has 0 aliphatic carbocycles. The Labute approximate surface area is 160 Å². The van der Waals surface area contributed by atoms with Crippen LogP contribution >= 0.6 is 0 Å². The Morgan fingerprint density at radius 2 is 1.89 bits per heavy atom. The molecule has 0 atom stereocenters. The van der Waals surface area contributed by atoms with Crippen molar-refractivity contribution in [1.82, 2.24) is 9.55 Å². The number of imidazole rings is 1. The fourth-order valence-corrected chi connectivity index (χ4v) is 2.78. The molecule has 3 rings (SSSR count). The summed E-state index contributed by atoms with van der Waals surface area (Å²) in [5, 5.41) is 2.67. The summed E-state index contributed by atoms with van der Waals surface area (Å²) in [7, 11) is 1.89. The first-order valence-electron chi connectivity index (χ1n) is 8.50. The van der Waals surface area contributed by atoms with Crippen molar-refractivity contribution in [2.24, 2.45) is 7.05 Å². The number of nitrogens with one attached hydrogen (secondary N) is 1. The second kappa shape index (κ2) is 7.72. The molecule has 1 N–H and O–H groups in total. The van der Waals surface area contributed by atoms with Gasteiger partial charge in [-0.2, -0.15) is 13.2 Å². The van der Waals surface area contributed by atoms with Gasteiger partial charge in [0.2, 0.25) is 5.91 Å². The fourth-order valence-electron chi connectivity index (χ4n) is 2.78. The summed E-state index contributed by atoms with van der Waals surface area (Å²) in [4.78, 5) is 16.4.